The van der Waals surface area contributed by atoms with E-state index in [4.69, 9.17) is 10.7 Å². The molecule has 218 valence electrons. The van der Waals surface area contributed by atoms with Gasteiger partial charge in [0, 0.05) is 48.2 Å². The summed E-state index contributed by atoms with van der Waals surface area (Å²) in [6.07, 6.45) is 3.48. The highest BCUT2D eigenvalue weighted by Crippen LogP contribution is 2.48. The van der Waals surface area contributed by atoms with E-state index in [1.54, 1.807) is 23.5 Å². The standard InChI is InChI=1S/C29H27F3N6O3S/c1-42(40,41)37-12-9-28(10-13-37)21-8-11-34-16-24(21)38(27(28)39)17-23-25(20-5-3-2-4-18(20)14-36-23)19-6-7-22(35-15-19)26(33)29(30,31)32/h2-8,11,14-16,26H,9-10,12-13,17,33H2,1H3. The van der Waals surface area contributed by atoms with Gasteiger partial charge in [0.1, 0.15) is 6.04 Å². The van der Waals surface area contributed by atoms with E-state index in [0.717, 1.165) is 22.6 Å². The molecular weight excluding hydrogens is 569 g/mol. The minimum atomic E-state index is -4.63. The van der Waals surface area contributed by atoms with Gasteiger partial charge in [-0.15, -0.1) is 0 Å². The third-order valence-corrected chi connectivity index (χ3v) is 9.54. The number of hydrogen-bond donors (Lipinski definition) is 1. The first-order valence-corrected chi connectivity index (χ1v) is 15.1. The Morgan fingerprint density at radius 2 is 1.76 bits per heavy atom. The zero-order valence-electron chi connectivity index (χ0n) is 22.5. The molecule has 1 saturated heterocycles. The molecule has 4 aromatic rings. The number of fused-ring (bicyclic) bond motifs is 3. The van der Waals surface area contributed by atoms with Crippen molar-refractivity contribution in [2.24, 2.45) is 5.73 Å². The van der Waals surface area contributed by atoms with Crippen molar-refractivity contribution in [2.75, 3.05) is 24.2 Å². The number of carbonyl (C=O) groups is 1. The zero-order chi connectivity index (χ0) is 29.9. The molecule has 2 N–H and O–H groups in total. The van der Waals surface area contributed by atoms with Crippen molar-refractivity contribution in [3.05, 3.63) is 84.2 Å². The predicted molar refractivity (Wildman–Crippen MR) is 151 cm³/mol. The summed E-state index contributed by atoms with van der Waals surface area (Å²) in [7, 11) is -3.39. The van der Waals surface area contributed by atoms with Crippen LogP contribution in [0, 0.1) is 0 Å². The predicted octanol–water partition coefficient (Wildman–Crippen LogP) is 4.09. The molecule has 1 unspecified atom stereocenters. The Balaban J connectivity index is 1.41. The van der Waals surface area contributed by atoms with E-state index >= 15 is 0 Å². The van der Waals surface area contributed by atoms with Crippen LogP contribution in [-0.4, -0.2) is 59.1 Å². The van der Waals surface area contributed by atoms with E-state index in [-0.39, 0.29) is 31.2 Å². The monoisotopic (exact) mass is 596 g/mol. The number of nitrogens with zero attached hydrogens (tertiary/aromatic N) is 5. The van der Waals surface area contributed by atoms with E-state index in [0.29, 0.717) is 35.3 Å². The maximum Gasteiger partial charge on any atom is 0.409 e. The fraction of sp³-hybridized carbons (Fsp3) is 0.310. The van der Waals surface area contributed by atoms with Crippen molar-refractivity contribution >= 4 is 32.4 Å². The van der Waals surface area contributed by atoms with E-state index in [9.17, 15) is 26.4 Å². The van der Waals surface area contributed by atoms with Crippen LogP contribution < -0.4 is 10.6 Å². The Hall–Kier alpha value is -3.94. The maximum absolute atomic E-state index is 14.2. The molecule has 0 radical (unpaired) electrons. The first-order valence-electron chi connectivity index (χ1n) is 13.3. The van der Waals surface area contributed by atoms with Crippen LogP contribution in [0.5, 0.6) is 0 Å². The Morgan fingerprint density at radius 3 is 2.43 bits per heavy atom. The number of sulfonamides is 1. The van der Waals surface area contributed by atoms with Gasteiger partial charge in [-0.05, 0) is 35.9 Å². The summed E-state index contributed by atoms with van der Waals surface area (Å²) < 4.78 is 65.3. The van der Waals surface area contributed by atoms with Crippen molar-refractivity contribution in [2.45, 2.75) is 37.0 Å². The molecule has 0 saturated carbocycles. The Morgan fingerprint density at radius 1 is 1.02 bits per heavy atom. The van der Waals surface area contributed by atoms with Crippen molar-refractivity contribution in [3.8, 4) is 11.1 Å². The van der Waals surface area contributed by atoms with E-state index in [1.165, 1.54) is 22.6 Å². The number of hydrogen-bond acceptors (Lipinski definition) is 7. The summed E-state index contributed by atoms with van der Waals surface area (Å²) in [5.74, 6) is -0.163. The number of anilines is 1. The molecule has 42 heavy (non-hydrogen) atoms. The molecule has 5 heterocycles. The van der Waals surface area contributed by atoms with Gasteiger partial charge in [0.05, 0.1) is 41.5 Å². The van der Waals surface area contributed by atoms with Crippen molar-refractivity contribution in [1.82, 2.24) is 19.3 Å². The second-order valence-electron chi connectivity index (χ2n) is 10.7. The van der Waals surface area contributed by atoms with Gasteiger partial charge < -0.3 is 10.6 Å². The summed E-state index contributed by atoms with van der Waals surface area (Å²) in [6.45, 7) is 0.508. The third-order valence-electron chi connectivity index (χ3n) is 8.24. The van der Waals surface area contributed by atoms with Gasteiger partial charge in [0.15, 0.2) is 0 Å². The highest BCUT2D eigenvalue weighted by Gasteiger charge is 2.53. The number of carbonyl (C=O) groups excluding carboxylic acids is 1. The van der Waals surface area contributed by atoms with E-state index < -0.39 is 27.7 Å². The van der Waals surface area contributed by atoms with E-state index in [1.807, 2.05) is 30.3 Å². The number of amides is 1. The molecule has 3 aromatic heterocycles. The maximum atomic E-state index is 14.2. The van der Waals surface area contributed by atoms with Gasteiger partial charge in [-0.2, -0.15) is 13.2 Å². The Bertz CT molecular complexity index is 1790. The minimum absolute atomic E-state index is 0.0685. The topological polar surface area (TPSA) is 122 Å². The van der Waals surface area contributed by atoms with Gasteiger partial charge in [-0.3, -0.25) is 19.7 Å². The molecule has 1 fully saturated rings. The highest BCUT2D eigenvalue weighted by molar-refractivity contribution is 7.88. The molecule has 1 spiro atoms. The summed E-state index contributed by atoms with van der Waals surface area (Å²) in [5.41, 5.74) is 7.28. The average molecular weight is 597 g/mol. The Labute approximate surface area is 240 Å². The van der Waals surface area contributed by atoms with Crippen LogP contribution in [-0.2, 0) is 26.8 Å². The zero-order valence-corrected chi connectivity index (χ0v) is 23.4. The molecular formula is C29H27F3N6O3S. The first kappa shape index (κ1) is 28.2. The molecule has 13 heteroatoms. The number of halogens is 3. The molecule has 2 aliphatic heterocycles. The second kappa shape index (κ2) is 10.1. The molecule has 1 atom stereocenters. The quantitative estimate of drug-likeness (QED) is 0.368. The molecule has 1 amide bonds. The largest absolute Gasteiger partial charge is 0.409 e. The summed E-state index contributed by atoms with van der Waals surface area (Å²) in [5, 5.41) is 1.61. The average Bonchev–Trinajstić information content (AvgIpc) is 3.19. The van der Waals surface area contributed by atoms with Crippen LogP contribution >= 0.6 is 0 Å². The van der Waals surface area contributed by atoms with Crippen molar-refractivity contribution in [3.63, 3.8) is 0 Å². The molecule has 0 bridgehead atoms. The highest BCUT2D eigenvalue weighted by atomic mass is 32.2. The van der Waals surface area contributed by atoms with Crippen LogP contribution in [0.2, 0.25) is 0 Å². The van der Waals surface area contributed by atoms with Crippen molar-refractivity contribution < 1.29 is 26.4 Å². The van der Waals surface area contributed by atoms with Crippen LogP contribution in [0.15, 0.2) is 67.3 Å². The molecule has 1 aromatic carbocycles. The van der Waals surface area contributed by atoms with E-state index in [2.05, 4.69) is 9.97 Å². The third kappa shape index (κ3) is 4.71. The van der Waals surface area contributed by atoms with Crippen LogP contribution in [0.4, 0.5) is 18.9 Å². The lowest BCUT2D eigenvalue weighted by atomic mass is 9.74. The molecule has 2 aliphatic rings. The fourth-order valence-corrected chi connectivity index (χ4v) is 6.88. The number of pyridine rings is 3. The van der Waals surface area contributed by atoms with Crippen molar-refractivity contribution in [1.29, 1.82) is 0 Å². The van der Waals surface area contributed by atoms with Crippen LogP contribution in [0.1, 0.15) is 35.8 Å². The lowest BCUT2D eigenvalue weighted by Gasteiger charge is -2.37. The smallest absolute Gasteiger partial charge is 0.315 e. The number of nitrogens with two attached hydrogens (primary N) is 1. The minimum Gasteiger partial charge on any atom is -0.315 e. The van der Waals surface area contributed by atoms with Gasteiger partial charge in [-0.1, -0.05) is 30.3 Å². The molecule has 0 aliphatic carbocycles. The van der Waals surface area contributed by atoms with Crippen LogP contribution in [0.25, 0.3) is 21.9 Å². The van der Waals surface area contributed by atoms with Gasteiger partial charge in [-0.25, -0.2) is 12.7 Å². The molecule has 9 nitrogen and oxygen atoms in total. The molecule has 6 rings (SSSR count). The Kier molecular flexibility index (Phi) is 6.78. The first-order chi connectivity index (χ1) is 19.9. The number of benzene rings is 1. The van der Waals surface area contributed by atoms with Gasteiger partial charge >= 0.3 is 6.18 Å². The SMILES string of the molecule is CS(=O)(=O)N1CCC2(CC1)C(=O)N(Cc1ncc3ccccc3c1-c1ccc(C(N)C(F)(F)F)nc1)c1cnccc12. The lowest BCUT2D eigenvalue weighted by Crippen LogP contribution is -2.49. The van der Waals surface area contributed by atoms with Gasteiger partial charge in [0.2, 0.25) is 15.9 Å². The number of alkyl halides is 3. The summed E-state index contributed by atoms with van der Waals surface area (Å²) >= 11 is 0. The second-order valence-corrected chi connectivity index (χ2v) is 12.7. The number of piperidine rings is 1. The summed E-state index contributed by atoms with van der Waals surface area (Å²) in [6, 6.07) is 9.85. The van der Waals surface area contributed by atoms with Crippen LogP contribution in [0.3, 0.4) is 0 Å². The van der Waals surface area contributed by atoms with Gasteiger partial charge in [0.25, 0.3) is 0 Å². The number of rotatable bonds is 5. The summed E-state index contributed by atoms with van der Waals surface area (Å²) in [4.78, 5) is 28.8. The normalized spacial score (nSPS) is 18.0. The lowest BCUT2D eigenvalue weighted by molar-refractivity contribution is -0.150. The number of aromatic nitrogens is 3. The fourth-order valence-electron chi connectivity index (χ4n) is 6.03.